The number of amides is 1. The zero-order valence-electron chi connectivity index (χ0n) is 18.4. The summed E-state index contributed by atoms with van der Waals surface area (Å²) in [6.07, 6.45) is 2.16. The lowest BCUT2D eigenvalue weighted by atomic mass is 10.1. The summed E-state index contributed by atoms with van der Waals surface area (Å²) in [4.78, 5) is 17.3. The van der Waals surface area contributed by atoms with Crippen LogP contribution in [0.25, 0.3) is 22.3 Å². The number of benzene rings is 1. The molecule has 3 aromatic rings. The summed E-state index contributed by atoms with van der Waals surface area (Å²) in [6, 6.07) is 7.86. The quantitative estimate of drug-likeness (QED) is 0.557. The molecule has 0 spiro atoms. The minimum atomic E-state index is -3.11. The molecule has 0 unspecified atom stereocenters. The number of ether oxygens (including phenoxy) is 1. The summed E-state index contributed by atoms with van der Waals surface area (Å²) in [5.74, 6) is -0.623. The van der Waals surface area contributed by atoms with Gasteiger partial charge in [0.1, 0.15) is 17.0 Å². The molecule has 0 radical (unpaired) electrons. The van der Waals surface area contributed by atoms with E-state index in [1.165, 1.54) is 18.3 Å². The van der Waals surface area contributed by atoms with Gasteiger partial charge in [0.2, 0.25) is 0 Å². The third kappa shape index (κ3) is 4.68. The third-order valence-electron chi connectivity index (χ3n) is 5.64. The van der Waals surface area contributed by atoms with Crippen molar-refractivity contribution in [3.05, 3.63) is 42.1 Å². The minimum absolute atomic E-state index is 0.00781. The molecule has 1 atom stereocenters. The Morgan fingerprint density at radius 3 is 2.67 bits per heavy atom. The molecule has 11 heteroatoms. The van der Waals surface area contributed by atoms with E-state index in [4.69, 9.17) is 0 Å². The number of nitrogens with one attached hydrogen (secondary N) is 1. The molecule has 1 saturated heterocycles. The lowest BCUT2D eigenvalue weighted by molar-refractivity contribution is -0.0498. The number of hydrogen-bond donors (Lipinski definition) is 1. The van der Waals surface area contributed by atoms with Gasteiger partial charge in [-0.3, -0.25) is 14.5 Å². The Hall–Kier alpha value is -3.08. The van der Waals surface area contributed by atoms with Gasteiger partial charge in [-0.15, -0.1) is 0 Å². The predicted octanol–water partition coefficient (Wildman–Crippen LogP) is 3.59. The monoisotopic (exact) mass is 478 g/mol. The fraction of sp³-hybridized carbons (Fsp3) is 0.409. The molecular formula is C22H24F2N4O4S. The Balaban J connectivity index is 1.73. The average molecular weight is 479 g/mol. The largest absolute Gasteiger partial charge is 0.435 e. The van der Waals surface area contributed by atoms with Crippen molar-refractivity contribution in [3.63, 3.8) is 0 Å². The summed E-state index contributed by atoms with van der Waals surface area (Å²) in [5.41, 5.74) is 1.62. The number of fused-ring (bicyclic) bond motifs is 1. The predicted molar refractivity (Wildman–Crippen MR) is 119 cm³/mol. The van der Waals surface area contributed by atoms with Gasteiger partial charge in [-0.2, -0.15) is 13.9 Å². The first-order valence-corrected chi connectivity index (χ1v) is 12.3. The number of carbonyl (C=O) groups excluding carboxylic acids is 1. The Kier molecular flexibility index (Phi) is 5.85. The highest BCUT2D eigenvalue weighted by molar-refractivity contribution is 7.93. The highest BCUT2D eigenvalue weighted by Crippen LogP contribution is 2.32. The highest BCUT2D eigenvalue weighted by atomic mass is 32.2. The highest BCUT2D eigenvalue weighted by Gasteiger charge is 2.45. The van der Waals surface area contributed by atoms with E-state index in [-0.39, 0.29) is 28.9 Å². The smallest absolute Gasteiger partial charge is 0.387 e. The van der Waals surface area contributed by atoms with Crippen molar-refractivity contribution in [1.82, 2.24) is 20.1 Å². The van der Waals surface area contributed by atoms with Crippen LogP contribution in [0.4, 0.5) is 8.78 Å². The molecule has 1 amide bonds. The lowest BCUT2D eigenvalue weighted by Gasteiger charge is -2.38. The first-order valence-electron chi connectivity index (χ1n) is 10.5. The van der Waals surface area contributed by atoms with Crippen LogP contribution in [-0.4, -0.2) is 52.7 Å². The van der Waals surface area contributed by atoms with Crippen molar-refractivity contribution in [1.29, 1.82) is 0 Å². The molecule has 8 nitrogen and oxygen atoms in total. The molecule has 1 fully saturated rings. The van der Waals surface area contributed by atoms with Crippen molar-refractivity contribution < 1.29 is 26.7 Å². The third-order valence-corrected chi connectivity index (χ3v) is 7.80. The summed E-state index contributed by atoms with van der Waals surface area (Å²) >= 11 is 0. The zero-order valence-corrected chi connectivity index (χ0v) is 19.2. The topological polar surface area (TPSA) is 103 Å². The maximum Gasteiger partial charge on any atom is 0.387 e. The van der Waals surface area contributed by atoms with E-state index in [1.807, 2.05) is 13.8 Å². The van der Waals surface area contributed by atoms with Crippen molar-refractivity contribution in [3.8, 4) is 17.0 Å². The molecule has 1 aromatic carbocycles. The lowest BCUT2D eigenvalue weighted by Crippen LogP contribution is -2.63. The second kappa shape index (κ2) is 8.36. The summed E-state index contributed by atoms with van der Waals surface area (Å²) in [5, 5.41) is 7.45. The molecule has 0 bridgehead atoms. The van der Waals surface area contributed by atoms with Gasteiger partial charge in [0.05, 0.1) is 28.1 Å². The number of rotatable bonds is 7. The second-order valence-electron chi connectivity index (χ2n) is 8.60. The summed E-state index contributed by atoms with van der Waals surface area (Å²) in [7, 11) is -3.11. The van der Waals surface area contributed by atoms with E-state index in [1.54, 1.807) is 29.8 Å². The van der Waals surface area contributed by atoms with E-state index in [0.717, 1.165) is 6.42 Å². The van der Waals surface area contributed by atoms with Crippen LogP contribution in [0.3, 0.4) is 0 Å². The Morgan fingerprint density at radius 2 is 2.03 bits per heavy atom. The maximum absolute atomic E-state index is 12.8. The normalized spacial score (nSPS) is 17.5. The number of halogens is 2. The molecule has 2 aromatic heterocycles. The standard InChI is InChI=1S/C22H24F2N4O4S/c1-4-13(2)28-17-9-15(20(29)26-22(3)11-33(30,31)12-22)10-25-19(17)18(27-28)14-6-5-7-16(8-14)32-21(23)24/h5-10,13,21H,4,11-12H2,1-3H3,(H,26,29)/t13-/m1/s1. The van der Waals surface area contributed by atoms with Gasteiger partial charge in [0, 0.05) is 17.8 Å². The van der Waals surface area contributed by atoms with Crippen LogP contribution in [0.1, 0.15) is 43.6 Å². The molecule has 1 N–H and O–H groups in total. The van der Waals surface area contributed by atoms with Gasteiger partial charge < -0.3 is 10.1 Å². The molecule has 33 heavy (non-hydrogen) atoms. The van der Waals surface area contributed by atoms with E-state index < -0.39 is 27.9 Å². The van der Waals surface area contributed by atoms with E-state index >= 15 is 0 Å². The van der Waals surface area contributed by atoms with E-state index in [0.29, 0.717) is 22.3 Å². The fourth-order valence-electron chi connectivity index (χ4n) is 4.01. The Morgan fingerprint density at radius 1 is 1.30 bits per heavy atom. The second-order valence-corrected chi connectivity index (χ2v) is 10.7. The van der Waals surface area contributed by atoms with Gasteiger partial charge in [-0.25, -0.2) is 8.42 Å². The van der Waals surface area contributed by atoms with E-state index in [2.05, 4.69) is 20.1 Å². The average Bonchev–Trinajstić information content (AvgIpc) is 3.10. The molecule has 0 saturated carbocycles. The van der Waals surface area contributed by atoms with Crippen LogP contribution in [-0.2, 0) is 9.84 Å². The molecular weight excluding hydrogens is 454 g/mol. The first-order chi connectivity index (χ1) is 15.5. The molecule has 0 aliphatic carbocycles. The van der Waals surface area contributed by atoms with Gasteiger partial charge >= 0.3 is 6.61 Å². The number of nitrogens with zero attached hydrogens (tertiary/aromatic N) is 3. The number of carbonyl (C=O) groups is 1. The molecule has 3 heterocycles. The first kappa shape index (κ1) is 23.1. The maximum atomic E-state index is 12.8. The number of hydrogen-bond acceptors (Lipinski definition) is 6. The molecule has 176 valence electrons. The Bertz CT molecular complexity index is 1310. The number of aromatic nitrogens is 3. The van der Waals surface area contributed by atoms with Crippen LogP contribution >= 0.6 is 0 Å². The number of sulfone groups is 1. The minimum Gasteiger partial charge on any atom is -0.435 e. The van der Waals surface area contributed by atoms with Crippen molar-refractivity contribution in [2.75, 3.05) is 11.5 Å². The zero-order chi connectivity index (χ0) is 24.0. The van der Waals surface area contributed by atoms with Crippen molar-refractivity contribution >= 4 is 26.8 Å². The molecule has 1 aliphatic rings. The van der Waals surface area contributed by atoms with Crippen molar-refractivity contribution in [2.24, 2.45) is 0 Å². The number of pyridine rings is 1. The van der Waals surface area contributed by atoms with E-state index in [9.17, 15) is 22.0 Å². The van der Waals surface area contributed by atoms with Crippen LogP contribution in [0.5, 0.6) is 5.75 Å². The van der Waals surface area contributed by atoms with Crippen LogP contribution in [0, 0.1) is 0 Å². The molecule has 1 aliphatic heterocycles. The van der Waals surface area contributed by atoms with Gasteiger partial charge in [0.15, 0.2) is 9.84 Å². The van der Waals surface area contributed by atoms with Gasteiger partial charge in [0.25, 0.3) is 5.91 Å². The van der Waals surface area contributed by atoms with Crippen LogP contribution in [0.15, 0.2) is 36.5 Å². The SMILES string of the molecule is CC[C@@H](C)n1nc(-c2cccc(OC(F)F)c2)c2ncc(C(=O)NC3(C)CS(=O)(=O)C3)cc21. The van der Waals surface area contributed by atoms with Crippen molar-refractivity contribution in [2.45, 2.75) is 45.4 Å². The Labute approximate surface area is 189 Å². The van der Waals surface area contributed by atoms with Crippen LogP contribution < -0.4 is 10.1 Å². The number of alkyl halides is 2. The van der Waals surface area contributed by atoms with Gasteiger partial charge in [-0.1, -0.05) is 19.1 Å². The summed E-state index contributed by atoms with van der Waals surface area (Å²) in [6.45, 7) is 2.71. The summed E-state index contributed by atoms with van der Waals surface area (Å²) < 4.78 is 54.6. The fourth-order valence-corrected chi connectivity index (χ4v) is 6.01. The van der Waals surface area contributed by atoms with Crippen LogP contribution in [0.2, 0.25) is 0 Å². The van der Waals surface area contributed by atoms with Gasteiger partial charge in [-0.05, 0) is 38.5 Å². The molecule has 4 rings (SSSR count).